The molecule has 0 spiro atoms. The van der Waals surface area contributed by atoms with Gasteiger partial charge in [-0.05, 0) is 83.4 Å². The van der Waals surface area contributed by atoms with Gasteiger partial charge in [0, 0.05) is 5.92 Å². The molecule has 0 heterocycles. The first kappa shape index (κ1) is 33.6. The van der Waals surface area contributed by atoms with Crippen molar-refractivity contribution < 1.29 is 0 Å². The van der Waals surface area contributed by atoms with E-state index in [-0.39, 0.29) is 32.5 Å². The van der Waals surface area contributed by atoms with Crippen LogP contribution in [0.1, 0.15) is 188 Å². The first-order valence-electron chi connectivity index (χ1n) is 15.5. The lowest BCUT2D eigenvalue weighted by atomic mass is 9.64. The standard InChI is InChI=1S/C39H64/c1-20-27(28-21-25(34(2,3)4)23-30(36(8,9)10)32(28)38(14,15)16)29-22-26(35(5,6)7)24-31(37(11,12)13)33(29)39(17,18)19/h21-24,27H,20H2,1-19H3. The molecule has 0 heteroatoms. The molecule has 2 aromatic carbocycles. The molecule has 0 amide bonds. The minimum absolute atomic E-state index is 0.0399. The average molecular weight is 533 g/mol. The average Bonchev–Trinajstić information content (AvgIpc) is 2.69. The summed E-state index contributed by atoms with van der Waals surface area (Å²) in [6.07, 6.45) is 1.08. The van der Waals surface area contributed by atoms with Crippen LogP contribution in [-0.2, 0) is 32.5 Å². The Kier molecular flexibility index (Phi) is 8.94. The van der Waals surface area contributed by atoms with Gasteiger partial charge in [-0.2, -0.15) is 0 Å². The second-order valence-corrected chi connectivity index (χ2v) is 18.4. The SMILES string of the molecule is CCC(c1cc(C(C)(C)C)cc(C(C)(C)C)c1C(C)(C)C)c1cc(C(C)(C)C)cc(C(C)(C)C)c1C(C)(C)C. The fraction of sp³-hybridized carbons (Fsp3) is 0.692. The molecule has 0 saturated heterocycles. The fourth-order valence-electron chi connectivity index (χ4n) is 6.21. The molecule has 220 valence electrons. The molecule has 0 radical (unpaired) electrons. The van der Waals surface area contributed by atoms with E-state index < -0.39 is 0 Å². The van der Waals surface area contributed by atoms with Gasteiger partial charge in [-0.15, -0.1) is 0 Å². The van der Waals surface area contributed by atoms with Crippen molar-refractivity contribution in [2.75, 3.05) is 0 Å². The van der Waals surface area contributed by atoms with Gasteiger partial charge in [0.25, 0.3) is 0 Å². The quantitative estimate of drug-likeness (QED) is 0.369. The predicted molar refractivity (Wildman–Crippen MR) is 177 cm³/mol. The van der Waals surface area contributed by atoms with Crippen molar-refractivity contribution in [2.45, 2.75) is 176 Å². The molecule has 0 fully saturated rings. The van der Waals surface area contributed by atoms with Gasteiger partial charge in [-0.3, -0.25) is 0 Å². The van der Waals surface area contributed by atoms with Gasteiger partial charge in [0.05, 0.1) is 0 Å². The Morgan fingerprint density at radius 1 is 0.410 bits per heavy atom. The Balaban J connectivity index is 3.29. The molecule has 0 aromatic heterocycles. The van der Waals surface area contributed by atoms with Crippen molar-refractivity contribution in [1.29, 1.82) is 0 Å². The summed E-state index contributed by atoms with van der Waals surface area (Å²) in [6, 6.07) is 10.3. The zero-order chi connectivity index (χ0) is 30.7. The highest BCUT2D eigenvalue weighted by Crippen LogP contribution is 2.48. The van der Waals surface area contributed by atoms with Crippen molar-refractivity contribution in [3.63, 3.8) is 0 Å². The van der Waals surface area contributed by atoms with Gasteiger partial charge in [-0.25, -0.2) is 0 Å². The van der Waals surface area contributed by atoms with Crippen molar-refractivity contribution in [2.24, 2.45) is 0 Å². The first-order valence-corrected chi connectivity index (χ1v) is 15.5. The maximum atomic E-state index is 2.59. The van der Waals surface area contributed by atoms with Crippen LogP contribution in [0.5, 0.6) is 0 Å². The number of hydrogen-bond donors (Lipinski definition) is 0. The Morgan fingerprint density at radius 2 is 0.692 bits per heavy atom. The smallest absolute Gasteiger partial charge is 0.00930 e. The molecule has 0 aliphatic heterocycles. The van der Waals surface area contributed by atoms with Crippen LogP contribution in [0.4, 0.5) is 0 Å². The van der Waals surface area contributed by atoms with E-state index in [0.717, 1.165) is 6.42 Å². The highest BCUT2D eigenvalue weighted by Gasteiger charge is 2.37. The number of benzene rings is 2. The molecule has 0 saturated carbocycles. The normalized spacial score (nSPS) is 14.4. The van der Waals surface area contributed by atoms with Gasteiger partial charge in [0.15, 0.2) is 0 Å². The van der Waals surface area contributed by atoms with Crippen molar-refractivity contribution in [3.8, 4) is 0 Å². The Morgan fingerprint density at radius 3 is 0.872 bits per heavy atom. The summed E-state index contributed by atoms with van der Waals surface area (Å²) < 4.78 is 0. The molecule has 0 nitrogen and oxygen atoms in total. The van der Waals surface area contributed by atoms with E-state index in [1.807, 2.05) is 0 Å². The lowest BCUT2D eigenvalue weighted by molar-refractivity contribution is 0.502. The van der Waals surface area contributed by atoms with Crippen molar-refractivity contribution >= 4 is 0 Å². The summed E-state index contributed by atoms with van der Waals surface area (Å²) >= 11 is 0. The molecule has 0 atom stereocenters. The van der Waals surface area contributed by atoms with E-state index >= 15 is 0 Å². The van der Waals surface area contributed by atoms with Gasteiger partial charge >= 0.3 is 0 Å². The Labute approximate surface area is 244 Å². The van der Waals surface area contributed by atoms with Crippen LogP contribution in [0.15, 0.2) is 24.3 Å². The molecule has 2 rings (SSSR count). The number of rotatable bonds is 3. The van der Waals surface area contributed by atoms with Gasteiger partial charge < -0.3 is 0 Å². The summed E-state index contributed by atoms with van der Waals surface area (Å²) in [4.78, 5) is 0. The second-order valence-electron chi connectivity index (χ2n) is 18.4. The van der Waals surface area contributed by atoms with Crippen LogP contribution in [0.2, 0.25) is 0 Å². The zero-order valence-electron chi connectivity index (χ0n) is 29.6. The topological polar surface area (TPSA) is 0 Å². The highest BCUT2D eigenvalue weighted by molar-refractivity contribution is 5.56. The summed E-state index contributed by atoms with van der Waals surface area (Å²) in [5.41, 5.74) is 12.5. The third kappa shape index (κ3) is 7.40. The highest BCUT2D eigenvalue weighted by atomic mass is 14.4. The number of hydrogen-bond acceptors (Lipinski definition) is 0. The third-order valence-electron chi connectivity index (χ3n) is 8.34. The lowest BCUT2D eigenvalue weighted by Gasteiger charge is -2.40. The largest absolute Gasteiger partial charge is 0.0645 e. The van der Waals surface area contributed by atoms with Crippen LogP contribution >= 0.6 is 0 Å². The fourth-order valence-corrected chi connectivity index (χ4v) is 6.21. The van der Waals surface area contributed by atoms with Crippen LogP contribution < -0.4 is 0 Å². The minimum Gasteiger partial charge on any atom is -0.0645 e. The molecular weight excluding hydrogens is 468 g/mol. The lowest BCUT2D eigenvalue weighted by Crippen LogP contribution is -2.29. The van der Waals surface area contributed by atoms with Gasteiger partial charge in [0.2, 0.25) is 0 Å². The molecule has 0 aliphatic rings. The van der Waals surface area contributed by atoms with Crippen molar-refractivity contribution in [1.82, 2.24) is 0 Å². The van der Waals surface area contributed by atoms with E-state index in [9.17, 15) is 0 Å². The van der Waals surface area contributed by atoms with E-state index in [1.54, 1.807) is 22.3 Å². The molecule has 2 aromatic rings. The van der Waals surface area contributed by atoms with Crippen LogP contribution in [0.3, 0.4) is 0 Å². The van der Waals surface area contributed by atoms with E-state index in [0.29, 0.717) is 5.92 Å². The maximum absolute atomic E-state index is 2.59. The molecular formula is C39H64. The Bertz CT molecular complexity index is 1070. The van der Waals surface area contributed by atoms with E-state index in [1.165, 1.54) is 22.3 Å². The summed E-state index contributed by atoms with van der Waals surface area (Å²) in [5.74, 6) is 0.334. The Hall–Kier alpha value is -1.56. The zero-order valence-corrected chi connectivity index (χ0v) is 29.6. The summed E-state index contributed by atoms with van der Waals surface area (Å²) in [7, 11) is 0. The molecule has 0 N–H and O–H groups in total. The predicted octanol–water partition coefficient (Wildman–Crippen LogP) is 12.0. The maximum Gasteiger partial charge on any atom is 0.00930 e. The van der Waals surface area contributed by atoms with Crippen LogP contribution in [0, 0.1) is 0 Å². The van der Waals surface area contributed by atoms with Gasteiger partial charge in [-0.1, -0.05) is 156 Å². The van der Waals surface area contributed by atoms with E-state index in [2.05, 4.69) is 156 Å². The third-order valence-corrected chi connectivity index (χ3v) is 8.34. The summed E-state index contributed by atoms with van der Waals surface area (Å²) in [5, 5.41) is 0. The monoisotopic (exact) mass is 533 g/mol. The second kappa shape index (κ2) is 10.4. The molecule has 39 heavy (non-hydrogen) atoms. The summed E-state index contributed by atoms with van der Waals surface area (Å²) in [6.45, 7) is 45.5. The van der Waals surface area contributed by atoms with E-state index in [4.69, 9.17) is 0 Å². The van der Waals surface area contributed by atoms with Crippen molar-refractivity contribution in [3.05, 3.63) is 68.8 Å². The van der Waals surface area contributed by atoms with Gasteiger partial charge in [0.1, 0.15) is 0 Å². The minimum atomic E-state index is 0.0399. The van der Waals surface area contributed by atoms with Crippen LogP contribution in [0.25, 0.3) is 0 Å². The molecule has 0 bridgehead atoms. The molecule has 0 unspecified atom stereocenters. The van der Waals surface area contributed by atoms with Crippen LogP contribution in [-0.4, -0.2) is 0 Å². The molecule has 0 aliphatic carbocycles. The first-order chi connectivity index (χ1) is 17.1.